The lowest BCUT2D eigenvalue weighted by molar-refractivity contribution is 0.0537. The van der Waals surface area contributed by atoms with E-state index in [0.717, 1.165) is 16.7 Å². The van der Waals surface area contributed by atoms with Crippen LogP contribution < -0.4 is 5.19 Å². The number of carbonyl (C=O) groups excluding carboxylic acids is 1. The SMILES string of the molecule is C=C(c1ccccc1)c1cn(C(=O)OC(C)(C)C)cc1[Si](C)(C)C. The van der Waals surface area contributed by atoms with E-state index >= 15 is 0 Å². The molecule has 0 bridgehead atoms. The molecule has 0 spiro atoms. The van der Waals surface area contributed by atoms with E-state index in [4.69, 9.17) is 4.74 Å². The van der Waals surface area contributed by atoms with Crippen molar-refractivity contribution in [1.82, 2.24) is 4.57 Å². The number of carbonyl (C=O) groups is 1. The van der Waals surface area contributed by atoms with Crippen molar-refractivity contribution in [1.29, 1.82) is 0 Å². The first-order valence-electron chi connectivity index (χ1n) is 8.19. The quantitative estimate of drug-likeness (QED) is 0.745. The number of nitrogens with zero attached hydrogens (tertiary/aromatic N) is 1. The number of benzene rings is 1. The highest BCUT2D eigenvalue weighted by atomic mass is 28.3. The molecule has 0 saturated carbocycles. The van der Waals surface area contributed by atoms with Gasteiger partial charge in [0, 0.05) is 12.4 Å². The highest BCUT2D eigenvalue weighted by molar-refractivity contribution is 6.89. The molecule has 0 unspecified atom stereocenters. The monoisotopic (exact) mass is 341 g/mol. The van der Waals surface area contributed by atoms with Crippen LogP contribution in [-0.2, 0) is 4.74 Å². The fourth-order valence-electron chi connectivity index (χ4n) is 2.51. The third-order valence-electron chi connectivity index (χ3n) is 3.69. The van der Waals surface area contributed by atoms with Gasteiger partial charge in [-0.15, -0.1) is 0 Å². The highest BCUT2D eigenvalue weighted by Gasteiger charge is 2.26. The van der Waals surface area contributed by atoms with Gasteiger partial charge in [0.25, 0.3) is 0 Å². The standard InChI is InChI=1S/C20H27NO2Si/c1-15(16-11-9-8-10-12-16)17-13-21(14-18(17)24(5,6)7)19(22)23-20(2,3)4/h8-14H,1H2,2-7H3. The molecule has 0 saturated heterocycles. The second kappa shape index (κ2) is 6.44. The summed E-state index contributed by atoms with van der Waals surface area (Å²) in [6.45, 7) is 16.7. The van der Waals surface area contributed by atoms with Gasteiger partial charge in [-0.1, -0.05) is 56.6 Å². The van der Waals surface area contributed by atoms with E-state index in [-0.39, 0.29) is 6.09 Å². The Balaban J connectivity index is 2.47. The van der Waals surface area contributed by atoms with E-state index in [1.54, 1.807) is 4.57 Å². The molecular weight excluding hydrogens is 314 g/mol. The minimum absolute atomic E-state index is 0.353. The Morgan fingerprint density at radius 2 is 1.67 bits per heavy atom. The molecule has 4 heteroatoms. The number of hydrogen-bond acceptors (Lipinski definition) is 2. The summed E-state index contributed by atoms with van der Waals surface area (Å²) in [6, 6.07) is 10.1. The van der Waals surface area contributed by atoms with Crippen molar-refractivity contribution in [3.63, 3.8) is 0 Å². The maximum absolute atomic E-state index is 12.4. The van der Waals surface area contributed by atoms with E-state index in [0.29, 0.717) is 0 Å². The summed E-state index contributed by atoms with van der Waals surface area (Å²) in [4.78, 5) is 12.4. The summed E-state index contributed by atoms with van der Waals surface area (Å²) in [5, 5.41) is 1.21. The van der Waals surface area contributed by atoms with Crippen molar-refractivity contribution in [2.24, 2.45) is 0 Å². The largest absolute Gasteiger partial charge is 0.443 e. The number of hydrogen-bond donors (Lipinski definition) is 0. The minimum Gasteiger partial charge on any atom is -0.443 e. The zero-order valence-corrected chi connectivity index (χ0v) is 16.5. The summed E-state index contributed by atoms with van der Waals surface area (Å²) in [6.07, 6.45) is 3.43. The van der Waals surface area contributed by atoms with Crippen LogP contribution in [0.4, 0.5) is 4.79 Å². The van der Waals surface area contributed by atoms with Gasteiger partial charge < -0.3 is 4.74 Å². The average molecular weight is 342 g/mol. The van der Waals surface area contributed by atoms with Crippen LogP contribution in [0.2, 0.25) is 19.6 Å². The fourth-order valence-corrected chi connectivity index (χ4v) is 4.06. The zero-order chi connectivity index (χ0) is 18.1. The summed E-state index contributed by atoms with van der Waals surface area (Å²) in [5.41, 5.74) is 2.53. The summed E-state index contributed by atoms with van der Waals surface area (Å²) in [5.74, 6) is 0. The van der Waals surface area contributed by atoms with Gasteiger partial charge in [0.2, 0.25) is 0 Å². The topological polar surface area (TPSA) is 31.2 Å². The van der Waals surface area contributed by atoms with Crippen LogP contribution in [0.1, 0.15) is 31.9 Å². The lowest BCUT2D eigenvalue weighted by Crippen LogP contribution is -2.39. The molecule has 0 aliphatic rings. The molecule has 2 rings (SSSR count). The Bertz CT molecular complexity index is 746. The molecule has 3 nitrogen and oxygen atoms in total. The second-order valence-corrected chi connectivity index (χ2v) is 13.1. The smallest absolute Gasteiger partial charge is 0.418 e. The van der Waals surface area contributed by atoms with E-state index in [1.165, 1.54) is 5.19 Å². The molecule has 1 aromatic carbocycles. The van der Waals surface area contributed by atoms with Crippen LogP contribution >= 0.6 is 0 Å². The maximum Gasteiger partial charge on any atom is 0.418 e. The Morgan fingerprint density at radius 1 is 1.08 bits per heavy atom. The first-order chi connectivity index (χ1) is 11.0. The average Bonchev–Trinajstić information content (AvgIpc) is 2.91. The molecule has 0 amide bonds. The van der Waals surface area contributed by atoms with E-state index < -0.39 is 13.7 Å². The predicted molar refractivity (Wildman–Crippen MR) is 104 cm³/mol. The maximum atomic E-state index is 12.4. The second-order valence-electron chi connectivity index (χ2n) is 8.07. The van der Waals surface area contributed by atoms with E-state index in [9.17, 15) is 4.79 Å². The van der Waals surface area contributed by atoms with Crippen molar-refractivity contribution < 1.29 is 9.53 Å². The van der Waals surface area contributed by atoms with Gasteiger partial charge in [-0.25, -0.2) is 4.79 Å². The Morgan fingerprint density at radius 3 is 2.17 bits per heavy atom. The Kier molecular flexibility index (Phi) is 4.90. The van der Waals surface area contributed by atoms with Gasteiger partial charge in [0.1, 0.15) is 5.60 Å². The number of ether oxygens (including phenoxy) is 1. The summed E-state index contributed by atoms with van der Waals surface area (Å²) < 4.78 is 7.06. The molecule has 0 atom stereocenters. The molecule has 0 aliphatic heterocycles. The Labute approximate surface area is 146 Å². The molecule has 0 fully saturated rings. The number of aromatic nitrogens is 1. The molecule has 2 aromatic rings. The third-order valence-corrected chi connectivity index (χ3v) is 5.70. The van der Waals surface area contributed by atoms with Crippen molar-refractivity contribution in [2.45, 2.75) is 46.0 Å². The molecule has 128 valence electrons. The molecule has 1 aromatic heterocycles. The van der Waals surface area contributed by atoms with Crippen LogP contribution in [0.3, 0.4) is 0 Å². The van der Waals surface area contributed by atoms with Crippen LogP contribution in [0.25, 0.3) is 5.57 Å². The minimum atomic E-state index is -1.65. The highest BCUT2D eigenvalue weighted by Crippen LogP contribution is 2.23. The number of rotatable bonds is 3. The van der Waals surface area contributed by atoms with Gasteiger partial charge >= 0.3 is 6.09 Å². The van der Waals surface area contributed by atoms with Crippen molar-refractivity contribution >= 4 is 24.9 Å². The van der Waals surface area contributed by atoms with Crippen LogP contribution in [-0.4, -0.2) is 24.3 Å². The van der Waals surface area contributed by atoms with Crippen molar-refractivity contribution in [3.8, 4) is 0 Å². The molecule has 0 N–H and O–H groups in total. The fraction of sp³-hybridized carbons (Fsp3) is 0.350. The van der Waals surface area contributed by atoms with Crippen LogP contribution in [0.15, 0.2) is 49.3 Å². The third kappa shape index (κ3) is 4.26. The predicted octanol–water partition coefficient (Wildman–Crippen LogP) is 4.88. The van der Waals surface area contributed by atoms with Gasteiger partial charge in [0.15, 0.2) is 0 Å². The van der Waals surface area contributed by atoms with E-state index in [1.807, 2.05) is 63.5 Å². The van der Waals surface area contributed by atoms with Gasteiger partial charge in [-0.05, 0) is 42.7 Å². The first kappa shape index (κ1) is 18.3. The first-order valence-corrected chi connectivity index (χ1v) is 11.7. The van der Waals surface area contributed by atoms with Gasteiger partial charge in [0.05, 0.1) is 8.07 Å². The van der Waals surface area contributed by atoms with Gasteiger partial charge in [-0.2, -0.15) is 0 Å². The molecule has 1 heterocycles. The Hall–Kier alpha value is -2.07. The van der Waals surface area contributed by atoms with Crippen molar-refractivity contribution in [2.75, 3.05) is 0 Å². The molecular formula is C20H27NO2Si. The van der Waals surface area contributed by atoms with Crippen LogP contribution in [0, 0.1) is 0 Å². The van der Waals surface area contributed by atoms with Crippen LogP contribution in [0.5, 0.6) is 0 Å². The molecule has 0 aliphatic carbocycles. The van der Waals surface area contributed by atoms with Gasteiger partial charge in [-0.3, -0.25) is 4.57 Å². The lowest BCUT2D eigenvalue weighted by atomic mass is 10.0. The van der Waals surface area contributed by atoms with E-state index in [2.05, 4.69) is 26.2 Å². The molecule has 24 heavy (non-hydrogen) atoms. The summed E-state index contributed by atoms with van der Waals surface area (Å²) >= 11 is 0. The van der Waals surface area contributed by atoms with Crippen molar-refractivity contribution in [3.05, 3.63) is 60.4 Å². The molecule has 0 radical (unpaired) electrons. The normalized spacial score (nSPS) is 12.1. The lowest BCUT2D eigenvalue weighted by Gasteiger charge is -2.19. The zero-order valence-electron chi connectivity index (χ0n) is 15.5. The summed E-state index contributed by atoms with van der Waals surface area (Å²) in [7, 11) is -1.65.